The maximum Gasteiger partial charge on any atom is 0.296 e. The van der Waals surface area contributed by atoms with Crippen molar-refractivity contribution >= 4 is 23.2 Å². The van der Waals surface area contributed by atoms with E-state index in [1.165, 1.54) is 31.4 Å². The number of likely N-dealkylation sites (tertiary alicyclic amines) is 1. The van der Waals surface area contributed by atoms with E-state index in [0.717, 1.165) is 31.8 Å². The van der Waals surface area contributed by atoms with Crippen molar-refractivity contribution in [2.24, 2.45) is 0 Å². The van der Waals surface area contributed by atoms with E-state index in [9.17, 15) is 19.7 Å². The molecule has 2 amide bonds. The summed E-state index contributed by atoms with van der Waals surface area (Å²) >= 11 is 0. The van der Waals surface area contributed by atoms with Gasteiger partial charge in [0.25, 0.3) is 5.69 Å². The molecule has 1 saturated heterocycles. The van der Waals surface area contributed by atoms with Gasteiger partial charge in [-0.2, -0.15) is 0 Å². The van der Waals surface area contributed by atoms with Gasteiger partial charge in [0.15, 0.2) is 0 Å². The van der Waals surface area contributed by atoms with E-state index in [4.69, 9.17) is 4.74 Å². The zero-order chi connectivity index (χ0) is 18.2. The average molecular weight is 347 g/mol. The molecule has 1 aromatic carbocycles. The second-order valence-corrected chi connectivity index (χ2v) is 5.70. The first-order chi connectivity index (χ1) is 12.0. The van der Waals surface area contributed by atoms with Gasteiger partial charge in [-0.25, -0.2) is 0 Å². The maximum absolute atomic E-state index is 12.1. The van der Waals surface area contributed by atoms with E-state index >= 15 is 0 Å². The summed E-state index contributed by atoms with van der Waals surface area (Å²) in [5.41, 5.74) is -0.234. The van der Waals surface area contributed by atoms with Gasteiger partial charge in [-0.05, 0) is 25.0 Å². The highest BCUT2D eigenvalue weighted by Crippen LogP contribution is 2.28. The first kappa shape index (κ1) is 18.4. The highest BCUT2D eigenvalue weighted by Gasteiger charge is 2.17. The van der Waals surface area contributed by atoms with Crippen LogP contribution in [0.15, 0.2) is 30.4 Å². The number of benzene rings is 1. The first-order valence-corrected chi connectivity index (χ1v) is 8.11. The molecule has 0 spiro atoms. The van der Waals surface area contributed by atoms with Crippen LogP contribution in [0.3, 0.4) is 0 Å². The lowest BCUT2D eigenvalue weighted by Gasteiger charge is -2.17. The SMILES string of the molecule is COc1ccc(NC(=O)C=CC(=O)N2CCCCCC2)c([N+](=O)[O-])c1. The number of amides is 2. The van der Waals surface area contributed by atoms with Gasteiger partial charge in [0.05, 0.1) is 18.1 Å². The third-order valence-electron chi connectivity index (χ3n) is 3.95. The number of methoxy groups -OCH3 is 1. The quantitative estimate of drug-likeness (QED) is 0.501. The van der Waals surface area contributed by atoms with Crippen LogP contribution in [0.4, 0.5) is 11.4 Å². The van der Waals surface area contributed by atoms with Gasteiger partial charge < -0.3 is 15.0 Å². The fourth-order valence-corrected chi connectivity index (χ4v) is 2.61. The molecule has 0 unspecified atom stereocenters. The summed E-state index contributed by atoms with van der Waals surface area (Å²) in [6.45, 7) is 1.38. The maximum atomic E-state index is 12.1. The van der Waals surface area contributed by atoms with E-state index < -0.39 is 10.8 Å². The topological polar surface area (TPSA) is 102 Å². The molecule has 0 saturated carbocycles. The van der Waals surface area contributed by atoms with E-state index in [-0.39, 0.29) is 17.3 Å². The van der Waals surface area contributed by atoms with Crippen LogP contribution in [0.1, 0.15) is 25.7 Å². The molecule has 1 aliphatic heterocycles. The summed E-state index contributed by atoms with van der Waals surface area (Å²) in [5.74, 6) is -0.505. The summed E-state index contributed by atoms with van der Waals surface area (Å²) in [4.78, 5) is 36.3. The van der Waals surface area contributed by atoms with Crippen molar-refractivity contribution in [2.75, 3.05) is 25.5 Å². The van der Waals surface area contributed by atoms with Crippen molar-refractivity contribution in [3.63, 3.8) is 0 Å². The van der Waals surface area contributed by atoms with Gasteiger partial charge in [-0.3, -0.25) is 19.7 Å². The summed E-state index contributed by atoms with van der Waals surface area (Å²) in [7, 11) is 1.40. The molecule has 0 atom stereocenters. The molecule has 1 fully saturated rings. The smallest absolute Gasteiger partial charge is 0.296 e. The Morgan fingerprint density at radius 2 is 1.88 bits per heavy atom. The predicted octanol–water partition coefficient (Wildman–Crippen LogP) is 2.50. The summed E-state index contributed by atoms with van der Waals surface area (Å²) < 4.78 is 4.94. The number of carbonyl (C=O) groups excluding carboxylic acids is 2. The normalized spacial score (nSPS) is 14.8. The minimum atomic E-state index is -0.607. The molecule has 0 bridgehead atoms. The minimum absolute atomic E-state index is 0.0441. The van der Waals surface area contributed by atoms with Gasteiger partial charge >= 0.3 is 0 Å². The van der Waals surface area contributed by atoms with Crippen LogP contribution in [0, 0.1) is 10.1 Å². The molecule has 0 radical (unpaired) electrons. The monoisotopic (exact) mass is 347 g/mol. The number of hydrogen-bond acceptors (Lipinski definition) is 5. The van der Waals surface area contributed by atoms with E-state index in [1.54, 1.807) is 4.90 Å². The molecule has 1 heterocycles. The molecule has 1 aliphatic rings. The lowest BCUT2D eigenvalue weighted by Crippen LogP contribution is -2.30. The van der Waals surface area contributed by atoms with E-state index in [2.05, 4.69) is 5.32 Å². The summed E-state index contributed by atoms with van der Waals surface area (Å²) in [5, 5.41) is 13.5. The zero-order valence-corrected chi connectivity index (χ0v) is 14.1. The van der Waals surface area contributed by atoms with Crippen molar-refractivity contribution in [2.45, 2.75) is 25.7 Å². The zero-order valence-electron chi connectivity index (χ0n) is 14.1. The van der Waals surface area contributed by atoms with Crippen LogP contribution in [0.25, 0.3) is 0 Å². The molecular formula is C17H21N3O5. The summed E-state index contributed by atoms with van der Waals surface area (Å²) in [6.07, 6.45) is 6.44. The predicted molar refractivity (Wildman–Crippen MR) is 92.5 cm³/mol. The Kier molecular flexibility index (Phi) is 6.50. The van der Waals surface area contributed by atoms with Crippen LogP contribution in [-0.4, -0.2) is 41.8 Å². The molecule has 1 N–H and O–H groups in total. The number of rotatable bonds is 5. The molecule has 0 aromatic heterocycles. The fraction of sp³-hybridized carbons (Fsp3) is 0.412. The number of nitro groups is 1. The lowest BCUT2D eigenvalue weighted by atomic mass is 10.2. The van der Waals surface area contributed by atoms with Crippen molar-refractivity contribution in [1.29, 1.82) is 0 Å². The van der Waals surface area contributed by atoms with E-state index in [0.29, 0.717) is 18.8 Å². The number of ether oxygens (including phenoxy) is 1. The number of hydrogen-bond donors (Lipinski definition) is 1. The van der Waals surface area contributed by atoms with Crippen LogP contribution in [0.2, 0.25) is 0 Å². The van der Waals surface area contributed by atoms with Crippen molar-refractivity contribution in [3.05, 3.63) is 40.5 Å². The summed E-state index contributed by atoms with van der Waals surface area (Å²) in [6, 6.07) is 4.12. The van der Waals surface area contributed by atoms with Gasteiger partial charge in [-0.15, -0.1) is 0 Å². The third kappa shape index (κ3) is 5.30. The molecule has 134 valence electrons. The minimum Gasteiger partial charge on any atom is -0.496 e. The number of nitrogens with zero attached hydrogens (tertiary/aromatic N) is 2. The Morgan fingerprint density at radius 1 is 1.20 bits per heavy atom. The largest absolute Gasteiger partial charge is 0.496 e. The fourth-order valence-electron chi connectivity index (χ4n) is 2.61. The number of anilines is 1. The highest BCUT2D eigenvalue weighted by atomic mass is 16.6. The van der Waals surface area contributed by atoms with Gasteiger partial charge in [-0.1, -0.05) is 12.8 Å². The lowest BCUT2D eigenvalue weighted by molar-refractivity contribution is -0.384. The van der Waals surface area contributed by atoms with Gasteiger partial charge in [0, 0.05) is 25.2 Å². The molecule has 2 rings (SSSR count). The average Bonchev–Trinajstić information content (AvgIpc) is 2.89. The molecule has 25 heavy (non-hydrogen) atoms. The molecule has 8 nitrogen and oxygen atoms in total. The van der Waals surface area contributed by atoms with Gasteiger partial charge in [0.2, 0.25) is 11.8 Å². The first-order valence-electron chi connectivity index (χ1n) is 8.11. The number of nitrogens with one attached hydrogen (secondary N) is 1. The third-order valence-corrected chi connectivity index (χ3v) is 3.95. The Hall–Kier alpha value is -2.90. The molecule has 1 aromatic rings. The van der Waals surface area contributed by atoms with Crippen LogP contribution in [-0.2, 0) is 9.59 Å². The molecule has 0 aliphatic carbocycles. The number of nitro benzene ring substituents is 1. The van der Waals surface area contributed by atoms with Gasteiger partial charge in [0.1, 0.15) is 11.4 Å². The second-order valence-electron chi connectivity index (χ2n) is 5.70. The Balaban J connectivity index is 2.02. The number of carbonyl (C=O) groups is 2. The van der Waals surface area contributed by atoms with Crippen LogP contribution < -0.4 is 10.1 Å². The molecular weight excluding hydrogens is 326 g/mol. The second kappa shape index (κ2) is 8.81. The van der Waals surface area contributed by atoms with E-state index in [1.807, 2.05) is 0 Å². The molecule has 8 heteroatoms. The standard InChI is InChI=1S/C17H21N3O5/c1-25-13-6-7-14(15(12-13)20(23)24)18-16(21)8-9-17(22)19-10-4-2-3-5-11-19/h6-9,12H,2-5,10-11H2,1H3,(H,18,21). The van der Waals surface area contributed by atoms with Crippen molar-refractivity contribution in [3.8, 4) is 5.75 Å². The van der Waals surface area contributed by atoms with Crippen LogP contribution in [0.5, 0.6) is 5.75 Å². The highest BCUT2D eigenvalue weighted by molar-refractivity contribution is 6.04. The Labute approximate surface area is 145 Å². The van der Waals surface area contributed by atoms with Crippen molar-refractivity contribution < 1.29 is 19.2 Å². The Morgan fingerprint density at radius 3 is 2.48 bits per heavy atom. The van der Waals surface area contributed by atoms with Crippen molar-refractivity contribution in [1.82, 2.24) is 4.90 Å². The Bertz CT molecular complexity index is 679. The van der Waals surface area contributed by atoms with Crippen LogP contribution >= 0.6 is 0 Å².